The first-order chi connectivity index (χ1) is 21.0. The zero-order valence-electron chi connectivity index (χ0n) is 24.7. The highest BCUT2D eigenvalue weighted by molar-refractivity contribution is 7.92. The van der Waals surface area contributed by atoms with Crippen molar-refractivity contribution in [1.82, 2.24) is 0 Å². The molecule has 0 aromatic heterocycles. The van der Waals surface area contributed by atoms with E-state index < -0.39 is 27.6 Å². The Kier molecular flexibility index (Phi) is 10.8. The van der Waals surface area contributed by atoms with Gasteiger partial charge in [-0.25, -0.2) is 22.0 Å². The van der Waals surface area contributed by atoms with E-state index in [0.717, 1.165) is 23.4 Å². The van der Waals surface area contributed by atoms with E-state index in [1.807, 2.05) is 30.0 Å². The number of rotatable bonds is 14. The highest BCUT2D eigenvalue weighted by Gasteiger charge is 2.18. The monoisotopic (exact) mass is 624 g/mol. The molecule has 0 spiro atoms. The lowest BCUT2D eigenvalue weighted by atomic mass is 10.0. The fourth-order valence-corrected chi connectivity index (χ4v) is 5.20. The maximum Gasteiger partial charge on any atom is 0.344 e. The molecule has 0 aliphatic rings. The summed E-state index contributed by atoms with van der Waals surface area (Å²) in [5.74, 6) is -0.282. The molecular formula is C33H34F2N2O6S. The lowest BCUT2D eigenvalue weighted by Gasteiger charge is -2.29. The Hall–Kier alpha value is -4.64. The van der Waals surface area contributed by atoms with Crippen LogP contribution in [-0.4, -0.2) is 33.9 Å². The summed E-state index contributed by atoms with van der Waals surface area (Å²) in [6.07, 6.45) is 1.59. The molecule has 11 heteroatoms. The molecule has 0 fully saturated rings. The lowest BCUT2D eigenvalue weighted by molar-refractivity contribution is -0.145. The number of esters is 1. The van der Waals surface area contributed by atoms with Crippen molar-refractivity contribution in [3.63, 3.8) is 0 Å². The van der Waals surface area contributed by atoms with Crippen molar-refractivity contribution in [3.05, 3.63) is 113 Å². The van der Waals surface area contributed by atoms with Crippen molar-refractivity contribution < 1.29 is 36.2 Å². The van der Waals surface area contributed by atoms with Crippen LogP contribution in [-0.2, 0) is 39.1 Å². The Balaban J connectivity index is 1.57. The third-order valence-corrected chi connectivity index (χ3v) is 7.11. The van der Waals surface area contributed by atoms with E-state index in [4.69, 9.17) is 14.2 Å². The molecule has 0 bridgehead atoms. The molecular weight excluding hydrogens is 590 g/mol. The van der Waals surface area contributed by atoms with Crippen LogP contribution in [0.1, 0.15) is 30.5 Å². The van der Waals surface area contributed by atoms with Crippen LogP contribution in [0.3, 0.4) is 0 Å². The van der Waals surface area contributed by atoms with Crippen LogP contribution < -0.4 is 19.1 Å². The van der Waals surface area contributed by atoms with E-state index >= 15 is 0 Å². The van der Waals surface area contributed by atoms with Crippen LogP contribution in [0.15, 0.2) is 84.9 Å². The Labute approximate surface area is 256 Å². The number of sulfonamides is 1. The Morgan fingerprint density at radius 2 is 1.59 bits per heavy atom. The number of carbonyl (C=O) groups is 1. The summed E-state index contributed by atoms with van der Waals surface area (Å²) in [6.45, 7) is 4.14. The van der Waals surface area contributed by atoms with Gasteiger partial charge in [-0.2, -0.15) is 0 Å². The van der Waals surface area contributed by atoms with Gasteiger partial charge in [0.1, 0.15) is 28.9 Å². The Morgan fingerprint density at radius 1 is 0.864 bits per heavy atom. The predicted molar refractivity (Wildman–Crippen MR) is 166 cm³/mol. The van der Waals surface area contributed by atoms with Gasteiger partial charge in [0.2, 0.25) is 10.0 Å². The van der Waals surface area contributed by atoms with Gasteiger partial charge < -0.3 is 19.1 Å². The molecule has 0 saturated carbocycles. The quantitative estimate of drug-likeness (QED) is 0.154. The maximum absolute atomic E-state index is 14.8. The molecule has 0 aliphatic heterocycles. The van der Waals surface area contributed by atoms with Crippen LogP contribution in [0.4, 0.5) is 20.2 Å². The first-order valence-electron chi connectivity index (χ1n) is 14.0. The predicted octanol–water partition coefficient (Wildman–Crippen LogP) is 6.84. The van der Waals surface area contributed by atoms with E-state index in [0.29, 0.717) is 47.2 Å². The first-order valence-corrected chi connectivity index (χ1v) is 15.9. The smallest absolute Gasteiger partial charge is 0.344 e. The molecule has 0 heterocycles. The second kappa shape index (κ2) is 14.7. The summed E-state index contributed by atoms with van der Waals surface area (Å²) in [5.41, 5.74) is 3.06. The van der Waals surface area contributed by atoms with E-state index in [1.165, 1.54) is 12.1 Å². The molecule has 4 rings (SSSR count). The summed E-state index contributed by atoms with van der Waals surface area (Å²) in [4.78, 5) is 13.5. The molecule has 0 atom stereocenters. The van der Waals surface area contributed by atoms with Gasteiger partial charge in [0.15, 0.2) is 6.61 Å². The Morgan fingerprint density at radius 3 is 2.27 bits per heavy atom. The van der Waals surface area contributed by atoms with Crippen LogP contribution in [0.25, 0.3) is 0 Å². The second-order valence-electron chi connectivity index (χ2n) is 9.94. The fourth-order valence-electron chi connectivity index (χ4n) is 4.61. The highest BCUT2D eigenvalue weighted by Crippen LogP contribution is 2.32. The average Bonchev–Trinajstić information content (AvgIpc) is 2.97. The number of ether oxygens (including phenoxy) is 3. The molecule has 0 unspecified atom stereocenters. The molecule has 0 radical (unpaired) electrons. The van der Waals surface area contributed by atoms with Crippen molar-refractivity contribution >= 4 is 27.4 Å². The first kappa shape index (κ1) is 32.3. The largest absolute Gasteiger partial charge is 0.482 e. The molecule has 1 N–H and O–H groups in total. The van der Waals surface area contributed by atoms with Gasteiger partial charge in [-0.1, -0.05) is 37.3 Å². The summed E-state index contributed by atoms with van der Waals surface area (Å²) in [6, 6.07) is 22.9. The van der Waals surface area contributed by atoms with E-state index in [1.54, 1.807) is 55.5 Å². The number of anilines is 2. The van der Waals surface area contributed by atoms with Crippen molar-refractivity contribution in [2.75, 3.05) is 29.1 Å². The zero-order valence-corrected chi connectivity index (χ0v) is 25.5. The van der Waals surface area contributed by atoms with E-state index in [9.17, 15) is 22.0 Å². The highest BCUT2D eigenvalue weighted by atomic mass is 32.2. The van der Waals surface area contributed by atoms with Gasteiger partial charge in [0, 0.05) is 36.5 Å². The van der Waals surface area contributed by atoms with Crippen LogP contribution in [0, 0.1) is 11.6 Å². The number of nitrogens with zero attached hydrogens (tertiary/aromatic N) is 1. The summed E-state index contributed by atoms with van der Waals surface area (Å²) < 4.78 is 71.4. The molecule has 0 saturated heterocycles. The third-order valence-electron chi connectivity index (χ3n) is 6.52. The molecule has 4 aromatic carbocycles. The van der Waals surface area contributed by atoms with Crippen molar-refractivity contribution in [2.45, 2.75) is 33.4 Å². The number of hydrogen-bond donors (Lipinski definition) is 1. The molecule has 8 nitrogen and oxygen atoms in total. The van der Waals surface area contributed by atoms with Gasteiger partial charge >= 0.3 is 5.97 Å². The third kappa shape index (κ3) is 9.18. The van der Waals surface area contributed by atoms with E-state index in [-0.39, 0.29) is 19.8 Å². The fraction of sp³-hybridized carbons (Fsp3) is 0.242. The number of nitrogens with one attached hydrogen (secondary N) is 1. The standard InChI is InChI=1S/C33H34F2N2O6S/c1-4-29-31(36-44(3,39)40)10-7-11-32(29)37(21-24-14-15-25(34)18-30(24)35)20-23-12-16-26(17-13-23)43-28-9-6-8-27(19-28)42-22-33(38)41-5-2/h6-19,36H,4-5,20-22H2,1-3H3. The van der Waals surface area contributed by atoms with Crippen molar-refractivity contribution in [2.24, 2.45) is 0 Å². The number of carbonyl (C=O) groups excluding carboxylic acids is 1. The van der Waals surface area contributed by atoms with Gasteiger partial charge in [0.25, 0.3) is 0 Å². The SMILES string of the molecule is CCOC(=O)COc1cccc(Oc2ccc(CN(Cc3ccc(F)cc3F)c3cccc(NS(C)(=O)=O)c3CC)cc2)c1. The van der Waals surface area contributed by atoms with Gasteiger partial charge in [-0.15, -0.1) is 0 Å². The number of hydrogen-bond acceptors (Lipinski definition) is 7. The normalized spacial score (nSPS) is 11.1. The van der Waals surface area contributed by atoms with Crippen LogP contribution >= 0.6 is 0 Å². The van der Waals surface area contributed by atoms with E-state index in [2.05, 4.69) is 4.72 Å². The molecule has 44 heavy (non-hydrogen) atoms. The number of halogens is 2. The molecule has 4 aromatic rings. The summed E-state index contributed by atoms with van der Waals surface area (Å²) in [7, 11) is -3.54. The molecule has 232 valence electrons. The minimum absolute atomic E-state index is 0.109. The minimum atomic E-state index is -3.54. The summed E-state index contributed by atoms with van der Waals surface area (Å²) >= 11 is 0. The maximum atomic E-state index is 14.8. The van der Waals surface area contributed by atoms with Crippen LogP contribution in [0.2, 0.25) is 0 Å². The zero-order chi connectivity index (χ0) is 31.7. The second-order valence-corrected chi connectivity index (χ2v) is 11.7. The summed E-state index contributed by atoms with van der Waals surface area (Å²) in [5, 5.41) is 0. The van der Waals surface area contributed by atoms with Crippen molar-refractivity contribution in [1.29, 1.82) is 0 Å². The van der Waals surface area contributed by atoms with Gasteiger partial charge in [0.05, 0.1) is 18.6 Å². The van der Waals surface area contributed by atoms with Crippen molar-refractivity contribution in [3.8, 4) is 17.2 Å². The number of benzene rings is 4. The van der Waals surface area contributed by atoms with Gasteiger partial charge in [-0.3, -0.25) is 4.72 Å². The molecule has 0 amide bonds. The molecule has 0 aliphatic carbocycles. The van der Waals surface area contributed by atoms with Gasteiger partial charge in [-0.05, 0) is 66.9 Å². The average molecular weight is 625 g/mol. The lowest BCUT2D eigenvalue weighted by Crippen LogP contribution is -2.24. The minimum Gasteiger partial charge on any atom is -0.482 e. The Bertz CT molecular complexity index is 1700. The topological polar surface area (TPSA) is 94.2 Å². The van der Waals surface area contributed by atoms with Crippen LogP contribution in [0.5, 0.6) is 17.2 Å².